The average Bonchev–Trinajstić information content (AvgIpc) is 2.91. The monoisotopic (exact) mass is 283 g/mol. The molecule has 1 aromatic rings. The van der Waals surface area contributed by atoms with Crippen LogP contribution in [0.2, 0.25) is 0 Å². The summed E-state index contributed by atoms with van der Waals surface area (Å²) in [7, 11) is 0. The molecular formula is C12H17N3O5. The second kappa shape index (κ2) is 5.49. The van der Waals surface area contributed by atoms with Gasteiger partial charge in [-0.2, -0.15) is 0 Å². The molecule has 2 amide bonds. The van der Waals surface area contributed by atoms with Crippen molar-refractivity contribution in [3.63, 3.8) is 0 Å². The van der Waals surface area contributed by atoms with Crippen LogP contribution in [0.15, 0.2) is 4.42 Å². The van der Waals surface area contributed by atoms with Crippen LogP contribution in [0.25, 0.3) is 0 Å². The van der Waals surface area contributed by atoms with Gasteiger partial charge in [0.15, 0.2) is 0 Å². The second-order valence-electron chi connectivity index (χ2n) is 4.80. The highest BCUT2D eigenvalue weighted by molar-refractivity contribution is 5.83. The zero-order valence-corrected chi connectivity index (χ0v) is 11.3. The van der Waals surface area contributed by atoms with Crippen molar-refractivity contribution >= 4 is 12.0 Å². The minimum absolute atomic E-state index is 0.00639. The molecule has 110 valence electrons. The Hall–Kier alpha value is -2.09. The minimum Gasteiger partial charge on any atom is -0.480 e. The number of rotatable bonds is 3. The molecule has 0 bridgehead atoms. The molecule has 1 saturated heterocycles. The summed E-state index contributed by atoms with van der Waals surface area (Å²) >= 11 is 0. The van der Waals surface area contributed by atoms with Gasteiger partial charge in [-0.3, -0.25) is 0 Å². The highest BCUT2D eigenvalue weighted by atomic mass is 16.4. The zero-order valence-electron chi connectivity index (χ0n) is 11.3. The van der Waals surface area contributed by atoms with E-state index in [-0.39, 0.29) is 19.5 Å². The number of aromatic nitrogens is 1. The van der Waals surface area contributed by atoms with Gasteiger partial charge in [0.05, 0.1) is 18.3 Å². The van der Waals surface area contributed by atoms with Gasteiger partial charge < -0.3 is 24.8 Å². The quantitative estimate of drug-likeness (QED) is 0.720. The normalized spacial score (nSPS) is 22.1. The number of aliphatic carboxylic acids is 1. The van der Waals surface area contributed by atoms with E-state index in [0.29, 0.717) is 11.7 Å². The van der Waals surface area contributed by atoms with Crippen LogP contribution in [0.1, 0.15) is 23.8 Å². The number of oxazole rings is 1. The molecule has 1 aliphatic heterocycles. The van der Waals surface area contributed by atoms with Crippen LogP contribution < -0.4 is 5.32 Å². The smallest absolute Gasteiger partial charge is 0.326 e. The maximum absolute atomic E-state index is 11.9. The fourth-order valence-electron chi connectivity index (χ4n) is 2.14. The third kappa shape index (κ3) is 2.90. The van der Waals surface area contributed by atoms with E-state index in [2.05, 4.69) is 10.3 Å². The average molecular weight is 283 g/mol. The molecular weight excluding hydrogens is 266 g/mol. The van der Waals surface area contributed by atoms with Gasteiger partial charge in [0.25, 0.3) is 0 Å². The van der Waals surface area contributed by atoms with E-state index in [4.69, 9.17) is 9.52 Å². The second-order valence-corrected chi connectivity index (χ2v) is 4.80. The Labute approximate surface area is 115 Å². The minimum atomic E-state index is -1.13. The Morgan fingerprint density at radius 1 is 1.50 bits per heavy atom. The number of aliphatic hydroxyl groups excluding tert-OH is 1. The number of carboxylic acid groups (broad SMARTS) is 1. The van der Waals surface area contributed by atoms with Crippen LogP contribution in [0, 0.1) is 13.8 Å². The van der Waals surface area contributed by atoms with Crippen molar-refractivity contribution in [3.8, 4) is 0 Å². The summed E-state index contributed by atoms with van der Waals surface area (Å²) in [4.78, 5) is 28.2. The first kappa shape index (κ1) is 14.3. The van der Waals surface area contributed by atoms with E-state index in [0.717, 1.165) is 10.6 Å². The third-order valence-electron chi connectivity index (χ3n) is 3.29. The van der Waals surface area contributed by atoms with Crippen molar-refractivity contribution in [3.05, 3.63) is 17.3 Å². The fraction of sp³-hybridized carbons (Fsp3) is 0.583. The van der Waals surface area contributed by atoms with Gasteiger partial charge in [-0.15, -0.1) is 0 Å². The predicted molar refractivity (Wildman–Crippen MR) is 67.0 cm³/mol. The van der Waals surface area contributed by atoms with Crippen LogP contribution in [-0.2, 0) is 11.3 Å². The van der Waals surface area contributed by atoms with Crippen LogP contribution in [0.3, 0.4) is 0 Å². The van der Waals surface area contributed by atoms with Gasteiger partial charge in [-0.25, -0.2) is 14.6 Å². The largest absolute Gasteiger partial charge is 0.480 e. The van der Waals surface area contributed by atoms with E-state index >= 15 is 0 Å². The zero-order chi connectivity index (χ0) is 14.9. The van der Waals surface area contributed by atoms with Crippen molar-refractivity contribution in [2.75, 3.05) is 6.54 Å². The molecule has 8 heteroatoms. The summed E-state index contributed by atoms with van der Waals surface area (Å²) in [6.45, 7) is 3.64. The van der Waals surface area contributed by atoms with Crippen LogP contribution >= 0.6 is 0 Å². The fourth-order valence-corrected chi connectivity index (χ4v) is 2.14. The summed E-state index contributed by atoms with van der Waals surface area (Å²) < 4.78 is 5.31. The van der Waals surface area contributed by atoms with Gasteiger partial charge >= 0.3 is 12.0 Å². The summed E-state index contributed by atoms with van der Waals surface area (Å²) in [5.41, 5.74) is 0.745. The van der Waals surface area contributed by atoms with E-state index in [1.54, 1.807) is 13.8 Å². The summed E-state index contributed by atoms with van der Waals surface area (Å²) in [5, 5.41) is 21.0. The number of carbonyl (C=O) groups excluding carboxylic acids is 1. The summed E-state index contributed by atoms with van der Waals surface area (Å²) in [5.74, 6) is -0.0891. The van der Waals surface area contributed by atoms with Gasteiger partial charge in [-0.1, -0.05) is 0 Å². The number of carbonyl (C=O) groups is 2. The number of hydrogen-bond donors (Lipinski definition) is 3. The Kier molecular flexibility index (Phi) is 3.93. The number of amides is 2. The lowest BCUT2D eigenvalue weighted by Crippen LogP contribution is -2.46. The molecule has 1 aliphatic rings. The molecule has 0 spiro atoms. The van der Waals surface area contributed by atoms with Crippen molar-refractivity contribution in [1.82, 2.24) is 15.2 Å². The molecule has 1 unspecified atom stereocenters. The number of hydrogen-bond acceptors (Lipinski definition) is 5. The lowest BCUT2D eigenvalue weighted by Gasteiger charge is -2.21. The first-order valence-corrected chi connectivity index (χ1v) is 6.26. The third-order valence-corrected chi connectivity index (χ3v) is 3.29. The highest BCUT2D eigenvalue weighted by Crippen LogP contribution is 2.18. The molecule has 0 aliphatic carbocycles. The number of nitrogens with zero attached hydrogens (tertiary/aromatic N) is 2. The lowest BCUT2D eigenvalue weighted by molar-refractivity contribution is -0.141. The Morgan fingerprint density at radius 2 is 2.20 bits per heavy atom. The molecule has 8 nitrogen and oxygen atoms in total. The van der Waals surface area contributed by atoms with Crippen molar-refractivity contribution in [2.45, 2.75) is 39.0 Å². The van der Waals surface area contributed by atoms with Gasteiger partial charge in [0.2, 0.25) is 5.89 Å². The maximum Gasteiger partial charge on any atom is 0.326 e. The Balaban J connectivity index is 1.95. The molecule has 2 atom stereocenters. The van der Waals surface area contributed by atoms with Crippen molar-refractivity contribution in [1.29, 1.82) is 0 Å². The topological polar surface area (TPSA) is 116 Å². The molecule has 2 rings (SSSR count). The number of nitrogens with one attached hydrogen (secondary N) is 1. The molecule has 0 aromatic carbocycles. The van der Waals surface area contributed by atoms with E-state index < -0.39 is 24.1 Å². The predicted octanol–water partition coefficient (Wildman–Crippen LogP) is 0.0208. The molecule has 0 radical (unpaired) electrons. The number of β-amino-alcohol motifs (C(OH)–C–C–N with tert-alkyl or cyclic N) is 1. The van der Waals surface area contributed by atoms with Crippen LogP contribution in [0.4, 0.5) is 4.79 Å². The summed E-state index contributed by atoms with van der Waals surface area (Å²) in [6.07, 6.45) is -0.770. The first-order valence-electron chi connectivity index (χ1n) is 6.26. The highest BCUT2D eigenvalue weighted by Gasteiger charge is 2.38. The number of carboxylic acids is 1. The SMILES string of the molecule is Cc1nc(CNC(=O)N2CC(O)C[C@H]2C(=O)O)oc1C. The Bertz CT molecular complexity index is 508. The number of urea groups is 1. The van der Waals surface area contributed by atoms with Gasteiger partial charge in [-0.05, 0) is 13.8 Å². The maximum atomic E-state index is 11.9. The molecule has 1 aromatic heterocycles. The summed E-state index contributed by atoms with van der Waals surface area (Å²) in [6, 6.07) is -1.56. The lowest BCUT2D eigenvalue weighted by atomic mass is 10.2. The number of aryl methyl sites for hydroxylation is 2. The van der Waals surface area contributed by atoms with E-state index in [1.165, 1.54) is 0 Å². The Morgan fingerprint density at radius 3 is 2.75 bits per heavy atom. The standard InChI is InChI=1S/C12H17N3O5/c1-6-7(2)20-10(14-6)4-13-12(19)15-5-8(16)3-9(15)11(17)18/h8-9,16H,3-5H2,1-2H3,(H,13,19)(H,17,18)/t8?,9-/m0/s1. The molecule has 0 saturated carbocycles. The molecule has 3 N–H and O–H groups in total. The number of likely N-dealkylation sites (tertiary alicyclic amines) is 1. The first-order chi connectivity index (χ1) is 9.38. The van der Waals surface area contributed by atoms with Crippen molar-refractivity contribution < 1.29 is 24.2 Å². The van der Waals surface area contributed by atoms with E-state index in [1.807, 2.05) is 0 Å². The van der Waals surface area contributed by atoms with Crippen LogP contribution in [-0.4, -0.2) is 50.8 Å². The van der Waals surface area contributed by atoms with Crippen LogP contribution in [0.5, 0.6) is 0 Å². The van der Waals surface area contributed by atoms with Gasteiger partial charge in [0, 0.05) is 13.0 Å². The molecule has 1 fully saturated rings. The van der Waals surface area contributed by atoms with Crippen molar-refractivity contribution in [2.24, 2.45) is 0 Å². The molecule has 2 heterocycles. The number of aliphatic hydroxyl groups is 1. The van der Waals surface area contributed by atoms with E-state index in [9.17, 15) is 14.7 Å². The van der Waals surface area contributed by atoms with Gasteiger partial charge in [0.1, 0.15) is 11.8 Å². The molecule has 20 heavy (non-hydrogen) atoms.